The monoisotopic (exact) mass is 303 g/mol. The fourth-order valence-electron chi connectivity index (χ4n) is 2.14. The van der Waals surface area contributed by atoms with Gasteiger partial charge >= 0.3 is 0 Å². The van der Waals surface area contributed by atoms with Crippen LogP contribution >= 0.6 is 15.9 Å². The van der Waals surface area contributed by atoms with E-state index in [0.29, 0.717) is 0 Å². The molecule has 0 aliphatic rings. The van der Waals surface area contributed by atoms with Crippen LogP contribution in [0.4, 0.5) is 0 Å². The lowest BCUT2D eigenvalue weighted by atomic mass is 9.97. The van der Waals surface area contributed by atoms with Gasteiger partial charge in [-0.25, -0.2) is 0 Å². The maximum atomic E-state index is 6.25. The van der Waals surface area contributed by atoms with Crippen LogP contribution < -0.4 is 5.73 Å². The second-order valence-electron chi connectivity index (χ2n) is 4.69. The molecule has 1 unspecified atom stereocenters. The van der Waals surface area contributed by atoms with Crippen LogP contribution in [0.5, 0.6) is 0 Å². The molecule has 0 saturated carbocycles. The van der Waals surface area contributed by atoms with Crippen LogP contribution in [0.15, 0.2) is 53.0 Å². The topological polar surface area (TPSA) is 26.0 Å². The van der Waals surface area contributed by atoms with Crippen molar-refractivity contribution in [1.29, 1.82) is 0 Å². The Kier molecular flexibility index (Phi) is 4.56. The van der Waals surface area contributed by atoms with E-state index >= 15 is 0 Å². The van der Waals surface area contributed by atoms with Gasteiger partial charge in [-0.2, -0.15) is 0 Å². The second-order valence-corrected chi connectivity index (χ2v) is 5.54. The summed E-state index contributed by atoms with van der Waals surface area (Å²) < 4.78 is 1.14. The lowest BCUT2D eigenvalue weighted by Crippen LogP contribution is -2.26. The van der Waals surface area contributed by atoms with Gasteiger partial charge in [-0.3, -0.25) is 0 Å². The van der Waals surface area contributed by atoms with Crippen molar-refractivity contribution in [2.75, 3.05) is 0 Å². The van der Waals surface area contributed by atoms with E-state index in [1.54, 1.807) is 0 Å². The summed E-state index contributed by atoms with van der Waals surface area (Å²) >= 11 is 3.57. The highest BCUT2D eigenvalue weighted by Gasteiger charge is 2.08. The minimum absolute atomic E-state index is 0.157. The van der Waals surface area contributed by atoms with Crippen LogP contribution in [0.1, 0.15) is 16.7 Å². The highest BCUT2D eigenvalue weighted by atomic mass is 79.9. The van der Waals surface area contributed by atoms with Gasteiger partial charge < -0.3 is 5.73 Å². The van der Waals surface area contributed by atoms with Crippen LogP contribution in [-0.4, -0.2) is 6.04 Å². The summed E-state index contributed by atoms with van der Waals surface area (Å²) in [4.78, 5) is 0. The number of benzene rings is 2. The van der Waals surface area contributed by atoms with Crippen LogP contribution in [0.2, 0.25) is 0 Å². The SMILES string of the molecule is Cc1ccccc1CC(N)Cc1ccccc1Br. The smallest absolute Gasteiger partial charge is 0.0207 e. The summed E-state index contributed by atoms with van der Waals surface area (Å²) in [5.41, 5.74) is 10.2. The molecule has 94 valence electrons. The van der Waals surface area contributed by atoms with Crippen LogP contribution in [0.25, 0.3) is 0 Å². The summed E-state index contributed by atoms with van der Waals surface area (Å²) in [6.45, 7) is 2.14. The summed E-state index contributed by atoms with van der Waals surface area (Å²) in [7, 11) is 0. The molecule has 0 amide bonds. The van der Waals surface area contributed by atoms with Gasteiger partial charge in [0.25, 0.3) is 0 Å². The van der Waals surface area contributed by atoms with Crippen molar-refractivity contribution in [2.24, 2.45) is 5.73 Å². The van der Waals surface area contributed by atoms with Crippen molar-refractivity contribution < 1.29 is 0 Å². The van der Waals surface area contributed by atoms with Gasteiger partial charge in [-0.15, -0.1) is 0 Å². The lowest BCUT2D eigenvalue weighted by Gasteiger charge is -2.14. The van der Waals surface area contributed by atoms with Crippen molar-refractivity contribution in [3.8, 4) is 0 Å². The van der Waals surface area contributed by atoms with E-state index in [-0.39, 0.29) is 6.04 Å². The molecule has 0 saturated heterocycles. The molecule has 0 heterocycles. The molecule has 2 heteroatoms. The number of rotatable bonds is 4. The van der Waals surface area contributed by atoms with Gasteiger partial charge in [0.05, 0.1) is 0 Å². The molecule has 0 fully saturated rings. The molecule has 2 aromatic rings. The van der Waals surface area contributed by atoms with Crippen molar-refractivity contribution in [3.63, 3.8) is 0 Å². The normalized spacial score (nSPS) is 12.4. The fraction of sp³-hybridized carbons (Fsp3) is 0.250. The third-order valence-electron chi connectivity index (χ3n) is 3.18. The maximum absolute atomic E-state index is 6.25. The Morgan fingerprint density at radius 1 is 0.944 bits per heavy atom. The third-order valence-corrected chi connectivity index (χ3v) is 3.96. The van der Waals surface area contributed by atoms with Crippen LogP contribution in [-0.2, 0) is 12.8 Å². The van der Waals surface area contributed by atoms with Gasteiger partial charge in [0.2, 0.25) is 0 Å². The van der Waals surface area contributed by atoms with Crippen LogP contribution in [0, 0.1) is 6.92 Å². The van der Waals surface area contributed by atoms with Crippen molar-refractivity contribution >= 4 is 15.9 Å². The molecule has 0 spiro atoms. The van der Waals surface area contributed by atoms with Crippen molar-refractivity contribution in [2.45, 2.75) is 25.8 Å². The highest BCUT2D eigenvalue weighted by Crippen LogP contribution is 2.18. The Hall–Kier alpha value is -1.12. The number of halogens is 1. The molecule has 0 aliphatic heterocycles. The first-order chi connectivity index (χ1) is 8.66. The Balaban J connectivity index is 2.04. The van der Waals surface area contributed by atoms with E-state index in [1.165, 1.54) is 16.7 Å². The van der Waals surface area contributed by atoms with Crippen molar-refractivity contribution in [1.82, 2.24) is 0 Å². The lowest BCUT2D eigenvalue weighted by molar-refractivity contribution is 0.661. The minimum Gasteiger partial charge on any atom is -0.327 e. The Bertz CT molecular complexity index is 475. The van der Waals surface area contributed by atoms with E-state index in [4.69, 9.17) is 5.73 Å². The fourth-order valence-corrected chi connectivity index (χ4v) is 2.59. The van der Waals surface area contributed by atoms with Gasteiger partial charge in [-0.05, 0) is 42.5 Å². The van der Waals surface area contributed by atoms with E-state index in [1.807, 2.05) is 6.07 Å². The zero-order chi connectivity index (χ0) is 13.0. The second kappa shape index (κ2) is 6.17. The summed E-state index contributed by atoms with van der Waals surface area (Å²) in [5.74, 6) is 0. The molecular weight excluding hydrogens is 286 g/mol. The van der Waals surface area contributed by atoms with Gasteiger partial charge in [-0.1, -0.05) is 58.4 Å². The first kappa shape index (κ1) is 13.3. The van der Waals surface area contributed by atoms with E-state index in [2.05, 4.69) is 65.3 Å². The summed E-state index contributed by atoms with van der Waals surface area (Å²) in [6.07, 6.45) is 1.82. The molecule has 2 N–H and O–H groups in total. The zero-order valence-corrected chi connectivity index (χ0v) is 12.2. The third kappa shape index (κ3) is 3.44. The first-order valence-electron chi connectivity index (χ1n) is 6.20. The molecule has 0 aliphatic carbocycles. The Morgan fingerprint density at radius 3 is 2.17 bits per heavy atom. The number of hydrogen-bond donors (Lipinski definition) is 1. The predicted molar refractivity (Wildman–Crippen MR) is 80.7 cm³/mol. The average molecular weight is 304 g/mol. The summed E-state index contributed by atoms with van der Waals surface area (Å²) in [6, 6.07) is 16.9. The average Bonchev–Trinajstić information content (AvgIpc) is 2.35. The Morgan fingerprint density at radius 2 is 1.50 bits per heavy atom. The van der Waals surface area contributed by atoms with E-state index < -0.39 is 0 Å². The molecule has 0 bridgehead atoms. The highest BCUT2D eigenvalue weighted by molar-refractivity contribution is 9.10. The molecule has 2 rings (SSSR count). The molecular formula is C16H18BrN. The number of hydrogen-bond acceptors (Lipinski definition) is 1. The standard InChI is InChI=1S/C16H18BrN/c1-12-6-2-3-7-13(12)10-15(18)11-14-8-4-5-9-16(14)17/h2-9,15H,10-11,18H2,1H3. The zero-order valence-electron chi connectivity index (χ0n) is 10.6. The van der Waals surface area contributed by atoms with Crippen LogP contribution in [0.3, 0.4) is 0 Å². The van der Waals surface area contributed by atoms with Gasteiger partial charge in [0, 0.05) is 10.5 Å². The number of aryl methyl sites for hydroxylation is 1. The molecule has 0 radical (unpaired) electrons. The largest absolute Gasteiger partial charge is 0.327 e. The molecule has 2 aromatic carbocycles. The quantitative estimate of drug-likeness (QED) is 0.911. The van der Waals surface area contributed by atoms with E-state index in [9.17, 15) is 0 Å². The minimum atomic E-state index is 0.157. The van der Waals surface area contributed by atoms with E-state index in [0.717, 1.165) is 17.3 Å². The molecule has 1 nitrogen and oxygen atoms in total. The summed E-state index contributed by atoms with van der Waals surface area (Å²) in [5, 5.41) is 0. The Labute approximate surface area is 117 Å². The molecule has 1 atom stereocenters. The number of nitrogens with two attached hydrogens (primary N) is 1. The predicted octanol–water partition coefficient (Wildman–Crippen LogP) is 3.87. The molecule has 18 heavy (non-hydrogen) atoms. The molecule has 0 aromatic heterocycles. The van der Waals surface area contributed by atoms with Gasteiger partial charge in [0.15, 0.2) is 0 Å². The maximum Gasteiger partial charge on any atom is 0.0207 e. The van der Waals surface area contributed by atoms with Gasteiger partial charge in [0.1, 0.15) is 0 Å². The van der Waals surface area contributed by atoms with Crippen molar-refractivity contribution in [3.05, 3.63) is 69.7 Å². The first-order valence-corrected chi connectivity index (χ1v) is 6.99.